The number of carboxylic acid groups (broad SMARTS) is 1. The summed E-state index contributed by atoms with van der Waals surface area (Å²) in [6, 6.07) is 4.69. The second-order valence-electron chi connectivity index (χ2n) is 3.50. The zero-order valence-electron chi connectivity index (χ0n) is 8.66. The summed E-state index contributed by atoms with van der Waals surface area (Å²) < 4.78 is 0. The molecule has 0 bridgehead atoms. The van der Waals surface area contributed by atoms with Gasteiger partial charge in [-0.2, -0.15) is 0 Å². The molecule has 2 unspecified atom stereocenters. The van der Waals surface area contributed by atoms with Crippen LogP contribution in [-0.2, 0) is 4.79 Å². The minimum absolute atomic E-state index is 0.0279. The first-order chi connectivity index (χ1) is 7.43. The molecule has 0 aromatic heterocycles. The van der Waals surface area contributed by atoms with Gasteiger partial charge in [-0.05, 0) is 5.56 Å². The Balaban J connectivity index is 2.89. The maximum Gasteiger partial charge on any atom is 0.321 e. The molecule has 1 rings (SSSR count). The molecule has 0 aliphatic rings. The van der Waals surface area contributed by atoms with Gasteiger partial charge in [0.2, 0.25) is 0 Å². The van der Waals surface area contributed by atoms with Gasteiger partial charge in [-0.25, -0.2) is 0 Å². The Bertz CT molecular complexity index is 402. The van der Waals surface area contributed by atoms with E-state index in [4.69, 9.17) is 10.8 Å². The van der Waals surface area contributed by atoms with Crippen LogP contribution in [0.1, 0.15) is 18.4 Å². The van der Waals surface area contributed by atoms with E-state index in [1.165, 1.54) is 24.3 Å². The van der Waals surface area contributed by atoms with Gasteiger partial charge in [0, 0.05) is 18.1 Å². The lowest BCUT2D eigenvalue weighted by Gasteiger charge is -2.15. The van der Waals surface area contributed by atoms with Crippen LogP contribution in [0.25, 0.3) is 0 Å². The minimum Gasteiger partial charge on any atom is -0.480 e. The van der Waals surface area contributed by atoms with E-state index in [9.17, 15) is 14.9 Å². The van der Waals surface area contributed by atoms with Gasteiger partial charge in [-0.3, -0.25) is 14.9 Å². The van der Waals surface area contributed by atoms with E-state index in [2.05, 4.69) is 0 Å². The molecule has 2 atom stereocenters. The van der Waals surface area contributed by atoms with E-state index >= 15 is 0 Å². The summed E-state index contributed by atoms with van der Waals surface area (Å²) in [7, 11) is 0. The number of aliphatic carboxylic acids is 1. The molecule has 6 heteroatoms. The van der Waals surface area contributed by atoms with Crippen molar-refractivity contribution in [1.29, 1.82) is 0 Å². The summed E-state index contributed by atoms with van der Waals surface area (Å²) in [5.74, 6) is -1.48. The number of hydrogen-bond donors (Lipinski definition) is 2. The Morgan fingerprint density at radius 1 is 1.44 bits per heavy atom. The lowest BCUT2D eigenvalue weighted by atomic mass is 9.94. The molecule has 6 nitrogen and oxygen atoms in total. The normalized spacial score (nSPS) is 14.1. The Morgan fingerprint density at radius 2 is 1.94 bits per heavy atom. The van der Waals surface area contributed by atoms with E-state index in [1.807, 2.05) is 0 Å². The van der Waals surface area contributed by atoms with Crippen LogP contribution in [0, 0.1) is 10.1 Å². The number of non-ortho nitro benzene ring substituents is 1. The molecule has 0 aliphatic carbocycles. The Hall–Kier alpha value is -1.95. The second-order valence-corrected chi connectivity index (χ2v) is 3.50. The number of benzene rings is 1. The zero-order valence-corrected chi connectivity index (χ0v) is 8.66. The highest BCUT2D eigenvalue weighted by atomic mass is 16.6. The first-order valence-electron chi connectivity index (χ1n) is 4.66. The van der Waals surface area contributed by atoms with E-state index < -0.39 is 22.9 Å². The number of carbonyl (C=O) groups is 1. The zero-order chi connectivity index (χ0) is 12.3. The molecular weight excluding hydrogens is 212 g/mol. The largest absolute Gasteiger partial charge is 0.480 e. The van der Waals surface area contributed by atoms with Crippen LogP contribution in [0.4, 0.5) is 5.69 Å². The van der Waals surface area contributed by atoms with Crippen molar-refractivity contribution in [3.63, 3.8) is 0 Å². The number of hydrogen-bond acceptors (Lipinski definition) is 4. The van der Waals surface area contributed by atoms with Crippen LogP contribution in [0.15, 0.2) is 24.3 Å². The smallest absolute Gasteiger partial charge is 0.321 e. The lowest BCUT2D eigenvalue weighted by molar-refractivity contribution is -0.384. The van der Waals surface area contributed by atoms with Gasteiger partial charge in [-0.1, -0.05) is 19.1 Å². The number of nitrogens with zero attached hydrogens (tertiary/aromatic N) is 1. The highest BCUT2D eigenvalue weighted by Crippen LogP contribution is 2.21. The second kappa shape index (κ2) is 4.71. The molecule has 0 radical (unpaired) electrons. The molecular formula is C10H12N2O4. The molecule has 0 heterocycles. The third-order valence-electron chi connectivity index (χ3n) is 2.45. The monoisotopic (exact) mass is 224 g/mol. The Labute approximate surface area is 91.8 Å². The molecule has 0 saturated carbocycles. The molecule has 3 N–H and O–H groups in total. The fourth-order valence-corrected chi connectivity index (χ4v) is 1.32. The predicted molar refractivity (Wildman–Crippen MR) is 57.1 cm³/mol. The minimum atomic E-state index is -1.09. The van der Waals surface area contributed by atoms with Crippen LogP contribution < -0.4 is 5.73 Å². The molecule has 1 aromatic carbocycles. The van der Waals surface area contributed by atoms with E-state index in [0.717, 1.165) is 0 Å². The van der Waals surface area contributed by atoms with Crippen LogP contribution in [0.2, 0.25) is 0 Å². The maximum absolute atomic E-state index is 10.7. The van der Waals surface area contributed by atoms with Crippen LogP contribution in [-0.4, -0.2) is 22.0 Å². The third kappa shape index (κ3) is 2.54. The number of nitro groups is 1. The van der Waals surface area contributed by atoms with Crippen molar-refractivity contribution in [3.05, 3.63) is 39.9 Å². The summed E-state index contributed by atoms with van der Waals surface area (Å²) in [5.41, 5.74) is 6.10. The van der Waals surface area contributed by atoms with Gasteiger partial charge in [0.05, 0.1) is 4.92 Å². The standard InChI is InChI=1S/C10H12N2O4/c1-6(9(11)10(13)14)7-2-4-8(5-3-7)12(15)16/h2-6,9H,11H2,1H3,(H,13,14). The number of nitro benzene ring substituents is 1. The van der Waals surface area contributed by atoms with Crippen molar-refractivity contribution < 1.29 is 14.8 Å². The average Bonchev–Trinajstić information content (AvgIpc) is 2.27. The van der Waals surface area contributed by atoms with Gasteiger partial charge < -0.3 is 10.8 Å². The third-order valence-corrected chi connectivity index (χ3v) is 2.45. The fraction of sp³-hybridized carbons (Fsp3) is 0.300. The summed E-state index contributed by atoms with van der Waals surface area (Å²) in [5, 5.41) is 19.1. The van der Waals surface area contributed by atoms with Crippen LogP contribution >= 0.6 is 0 Å². The van der Waals surface area contributed by atoms with Crippen LogP contribution in [0.5, 0.6) is 0 Å². The highest BCUT2D eigenvalue weighted by Gasteiger charge is 2.21. The molecule has 0 spiro atoms. The summed E-state index contributed by atoms with van der Waals surface area (Å²) in [6.45, 7) is 1.67. The molecule has 0 amide bonds. The van der Waals surface area contributed by atoms with Crippen LogP contribution in [0.3, 0.4) is 0 Å². The molecule has 0 aliphatic heterocycles. The molecule has 0 saturated heterocycles. The Morgan fingerprint density at radius 3 is 2.31 bits per heavy atom. The van der Waals surface area contributed by atoms with Crippen molar-refractivity contribution in [2.24, 2.45) is 5.73 Å². The maximum atomic E-state index is 10.7. The van der Waals surface area contributed by atoms with Crippen molar-refractivity contribution in [3.8, 4) is 0 Å². The topological polar surface area (TPSA) is 106 Å². The fourth-order valence-electron chi connectivity index (χ4n) is 1.32. The quantitative estimate of drug-likeness (QED) is 0.588. The molecule has 16 heavy (non-hydrogen) atoms. The van der Waals surface area contributed by atoms with Gasteiger partial charge in [0.15, 0.2) is 0 Å². The van der Waals surface area contributed by atoms with Crippen molar-refractivity contribution in [2.75, 3.05) is 0 Å². The van der Waals surface area contributed by atoms with Gasteiger partial charge >= 0.3 is 5.97 Å². The first kappa shape index (κ1) is 12.1. The van der Waals surface area contributed by atoms with Gasteiger partial charge in [-0.15, -0.1) is 0 Å². The molecule has 1 aromatic rings. The number of nitrogens with two attached hydrogens (primary N) is 1. The summed E-state index contributed by atoms with van der Waals surface area (Å²) in [4.78, 5) is 20.6. The van der Waals surface area contributed by atoms with Crippen molar-refractivity contribution >= 4 is 11.7 Å². The lowest BCUT2D eigenvalue weighted by Crippen LogP contribution is -2.35. The number of rotatable bonds is 4. The Kier molecular flexibility index (Phi) is 3.57. The first-order valence-corrected chi connectivity index (χ1v) is 4.66. The van der Waals surface area contributed by atoms with Crippen molar-refractivity contribution in [1.82, 2.24) is 0 Å². The molecule has 0 fully saturated rings. The van der Waals surface area contributed by atoms with E-state index in [0.29, 0.717) is 5.56 Å². The van der Waals surface area contributed by atoms with E-state index in [-0.39, 0.29) is 5.69 Å². The van der Waals surface area contributed by atoms with Crippen molar-refractivity contribution in [2.45, 2.75) is 18.9 Å². The summed E-state index contributed by atoms with van der Waals surface area (Å²) in [6.07, 6.45) is 0. The SMILES string of the molecule is CC(c1ccc([N+](=O)[O-])cc1)C(N)C(=O)O. The predicted octanol–water partition coefficient (Wildman–Crippen LogP) is 1.11. The highest BCUT2D eigenvalue weighted by molar-refractivity contribution is 5.74. The number of carboxylic acids is 1. The van der Waals surface area contributed by atoms with Gasteiger partial charge in [0.1, 0.15) is 6.04 Å². The average molecular weight is 224 g/mol. The molecule has 86 valence electrons. The summed E-state index contributed by atoms with van der Waals surface area (Å²) >= 11 is 0. The van der Waals surface area contributed by atoms with E-state index in [1.54, 1.807) is 6.92 Å². The van der Waals surface area contributed by atoms with Gasteiger partial charge in [0.25, 0.3) is 5.69 Å².